The zero-order chi connectivity index (χ0) is 26.6. The highest BCUT2D eigenvalue weighted by Gasteiger charge is 2.17. The summed E-state index contributed by atoms with van der Waals surface area (Å²) in [7, 11) is 0. The monoisotopic (exact) mass is 557 g/mol. The fourth-order valence-corrected chi connectivity index (χ4v) is 5.14. The first-order valence-electron chi connectivity index (χ1n) is 11.3. The third kappa shape index (κ3) is 5.34. The number of halogens is 2. The average molecular weight is 558 g/mol. The molecule has 0 aliphatic heterocycles. The van der Waals surface area contributed by atoms with Crippen molar-refractivity contribution in [1.82, 2.24) is 4.57 Å². The number of benzene rings is 3. The van der Waals surface area contributed by atoms with E-state index in [1.165, 1.54) is 4.57 Å². The normalized spacial score (nSPS) is 12.2. The molecule has 38 heavy (non-hydrogen) atoms. The average Bonchev–Trinajstić information content (AvgIpc) is 3.51. The summed E-state index contributed by atoms with van der Waals surface area (Å²) in [4.78, 5) is 26.7. The van der Waals surface area contributed by atoms with Gasteiger partial charge in [-0.3, -0.25) is 14.2 Å². The van der Waals surface area contributed by atoms with Crippen molar-refractivity contribution in [2.75, 3.05) is 5.32 Å². The summed E-state index contributed by atoms with van der Waals surface area (Å²) in [6.45, 7) is 0. The standard InChI is InChI=1S/C29H17Cl2N3O3S/c30-19-9-11-21(12-10-19)33-27(35)24(17-32)29-34(22-7-2-1-3-8-22)28(36)26(38-29)16-23-13-14-25(37-23)18-5-4-6-20(31)15-18/h1-16H,(H,33,35). The second-order valence-electron chi connectivity index (χ2n) is 8.05. The van der Waals surface area contributed by atoms with Gasteiger partial charge in [-0.25, -0.2) is 0 Å². The van der Waals surface area contributed by atoms with Gasteiger partial charge in [-0.1, -0.05) is 53.5 Å². The molecule has 0 fully saturated rings. The minimum Gasteiger partial charge on any atom is -0.457 e. The number of thiazole rings is 1. The van der Waals surface area contributed by atoms with E-state index in [2.05, 4.69) is 5.32 Å². The smallest absolute Gasteiger partial charge is 0.273 e. The zero-order valence-corrected chi connectivity index (χ0v) is 21.8. The van der Waals surface area contributed by atoms with Gasteiger partial charge in [0, 0.05) is 27.4 Å². The molecule has 5 aromatic rings. The van der Waals surface area contributed by atoms with Crippen molar-refractivity contribution in [3.05, 3.63) is 126 Å². The molecule has 0 saturated carbocycles. The first kappa shape index (κ1) is 25.3. The third-order valence-corrected chi connectivity index (χ3v) is 7.08. The summed E-state index contributed by atoms with van der Waals surface area (Å²) in [5.74, 6) is 0.383. The summed E-state index contributed by atoms with van der Waals surface area (Å²) in [5.41, 5.74) is 1.20. The molecule has 2 aromatic heterocycles. The molecule has 0 radical (unpaired) electrons. The minimum atomic E-state index is -0.645. The van der Waals surface area contributed by atoms with E-state index >= 15 is 0 Å². The Morgan fingerprint density at radius 2 is 1.71 bits per heavy atom. The molecular formula is C29H17Cl2N3O3S. The van der Waals surface area contributed by atoms with Gasteiger partial charge in [-0.2, -0.15) is 5.26 Å². The predicted molar refractivity (Wildman–Crippen MR) is 151 cm³/mol. The number of hydrogen-bond donors (Lipinski definition) is 1. The number of anilines is 1. The van der Waals surface area contributed by atoms with Crippen molar-refractivity contribution in [3.8, 4) is 23.1 Å². The molecule has 0 aliphatic rings. The summed E-state index contributed by atoms with van der Waals surface area (Å²) in [6, 6.07) is 28.1. The van der Waals surface area contributed by atoms with Gasteiger partial charge in [-0.05, 0) is 60.7 Å². The Kier molecular flexibility index (Phi) is 7.29. The molecule has 1 N–H and O–H groups in total. The number of carbonyl (C=O) groups excluding carboxylic acids is 1. The van der Waals surface area contributed by atoms with E-state index in [0.717, 1.165) is 16.9 Å². The Balaban J connectivity index is 1.65. The maximum atomic E-state index is 13.6. The van der Waals surface area contributed by atoms with E-state index in [0.29, 0.717) is 37.5 Å². The quantitative estimate of drug-likeness (QED) is 0.304. The van der Waals surface area contributed by atoms with Gasteiger partial charge in [0.1, 0.15) is 22.3 Å². The van der Waals surface area contributed by atoms with E-state index in [-0.39, 0.29) is 15.8 Å². The van der Waals surface area contributed by atoms with E-state index in [9.17, 15) is 14.9 Å². The number of para-hydroxylation sites is 1. The molecule has 186 valence electrons. The summed E-state index contributed by atoms with van der Waals surface area (Å²) < 4.78 is 7.79. The van der Waals surface area contributed by atoms with Gasteiger partial charge in [0.2, 0.25) is 0 Å². The molecule has 0 spiro atoms. The summed E-state index contributed by atoms with van der Waals surface area (Å²) in [6.07, 6.45) is 1.59. The number of carbonyl (C=O) groups is 1. The van der Waals surface area contributed by atoms with Crippen molar-refractivity contribution < 1.29 is 9.21 Å². The maximum Gasteiger partial charge on any atom is 0.273 e. The van der Waals surface area contributed by atoms with Gasteiger partial charge in [0.15, 0.2) is 5.57 Å². The molecule has 0 aliphatic carbocycles. The minimum absolute atomic E-state index is 0.197. The van der Waals surface area contributed by atoms with Crippen LogP contribution in [0.5, 0.6) is 0 Å². The Morgan fingerprint density at radius 3 is 2.42 bits per heavy atom. The van der Waals surface area contributed by atoms with Crippen LogP contribution in [0.2, 0.25) is 10.0 Å². The SMILES string of the molecule is N#CC(C(=O)Nc1ccc(Cl)cc1)=c1sc(=Cc2ccc(-c3cccc(Cl)c3)o2)c(=O)n1-c1ccccc1. The number of hydrogen-bond acceptors (Lipinski definition) is 5. The van der Waals surface area contributed by atoms with Crippen molar-refractivity contribution in [3.63, 3.8) is 0 Å². The molecule has 0 saturated heterocycles. The Hall–Kier alpha value is -4.35. The number of amides is 1. The van der Waals surface area contributed by atoms with E-state index in [1.807, 2.05) is 24.3 Å². The van der Waals surface area contributed by atoms with Crippen LogP contribution >= 0.6 is 34.5 Å². The molecular weight excluding hydrogens is 541 g/mol. The first-order chi connectivity index (χ1) is 18.4. The van der Waals surface area contributed by atoms with E-state index < -0.39 is 5.91 Å². The summed E-state index contributed by atoms with van der Waals surface area (Å²) >= 11 is 13.1. The van der Waals surface area contributed by atoms with Crippen LogP contribution in [0.3, 0.4) is 0 Å². The maximum absolute atomic E-state index is 13.6. The topological polar surface area (TPSA) is 88.0 Å². The Labute approximate surface area is 230 Å². The second-order valence-corrected chi connectivity index (χ2v) is 9.96. The Morgan fingerprint density at radius 1 is 0.947 bits per heavy atom. The third-order valence-electron chi connectivity index (χ3n) is 5.50. The number of furan rings is 1. The second kappa shape index (κ2) is 11.0. The molecule has 0 bridgehead atoms. The molecule has 0 unspecified atom stereocenters. The lowest BCUT2D eigenvalue weighted by Crippen LogP contribution is -2.32. The number of nitrogens with one attached hydrogen (secondary N) is 1. The fourth-order valence-electron chi connectivity index (χ4n) is 3.74. The fraction of sp³-hybridized carbons (Fsp3) is 0. The van der Waals surface area contributed by atoms with Gasteiger partial charge in [0.25, 0.3) is 11.5 Å². The summed E-state index contributed by atoms with van der Waals surface area (Å²) in [5, 5.41) is 13.8. The highest BCUT2D eigenvalue weighted by molar-refractivity contribution is 7.07. The lowest BCUT2D eigenvalue weighted by atomic mass is 10.2. The van der Waals surface area contributed by atoms with Crippen LogP contribution in [0.1, 0.15) is 5.76 Å². The van der Waals surface area contributed by atoms with Crippen LogP contribution in [0.15, 0.2) is 100 Å². The molecule has 1 amide bonds. The lowest BCUT2D eigenvalue weighted by Gasteiger charge is -2.06. The highest BCUT2D eigenvalue weighted by Crippen LogP contribution is 2.25. The van der Waals surface area contributed by atoms with Crippen molar-refractivity contribution in [2.24, 2.45) is 0 Å². The van der Waals surface area contributed by atoms with Gasteiger partial charge in [0.05, 0.1) is 10.2 Å². The van der Waals surface area contributed by atoms with Crippen molar-refractivity contribution in [1.29, 1.82) is 5.26 Å². The van der Waals surface area contributed by atoms with Gasteiger partial charge < -0.3 is 9.73 Å². The molecule has 9 heteroatoms. The molecule has 0 atom stereocenters. The molecule has 3 aromatic carbocycles. The van der Waals surface area contributed by atoms with Crippen molar-refractivity contribution in [2.45, 2.75) is 0 Å². The van der Waals surface area contributed by atoms with Crippen LogP contribution in [0.4, 0.5) is 5.69 Å². The predicted octanol–water partition coefficient (Wildman–Crippen LogP) is 5.61. The number of nitriles is 1. The van der Waals surface area contributed by atoms with Crippen molar-refractivity contribution >= 4 is 57.8 Å². The molecule has 5 rings (SSSR count). The molecule has 2 heterocycles. The Bertz CT molecular complexity index is 1870. The van der Waals surface area contributed by atoms with Crippen LogP contribution in [0.25, 0.3) is 28.7 Å². The van der Waals surface area contributed by atoms with Gasteiger partial charge >= 0.3 is 0 Å². The van der Waals surface area contributed by atoms with Crippen LogP contribution in [-0.2, 0) is 4.79 Å². The highest BCUT2D eigenvalue weighted by atomic mass is 35.5. The lowest BCUT2D eigenvalue weighted by molar-refractivity contribution is -0.111. The van der Waals surface area contributed by atoms with Crippen LogP contribution in [-0.4, -0.2) is 10.5 Å². The first-order valence-corrected chi connectivity index (χ1v) is 12.9. The number of nitrogens with zero attached hydrogens (tertiary/aromatic N) is 2. The van der Waals surface area contributed by atoms with Crippen LogP contribution in [0, 0.1) is 11.3 Å². The molecule has 6 nitrogen and oxygen atoms in total. The van der Waals surface area contributed by atoms with Crippen LogP contribution < -0.4 is 20.1 Å². The zero-order valence-electron chi connectivity index (χ0n) is 19.5. The largest absolute Gasteiger partial charge is 0.457 e. The number of rotatable bonds is 5. The number of aromatic nitrogens is 1. The van der Waals surface area contributed by atoms with E-state index in [4.69, 9.17) is 27.6 Å². The van der Waals surface area contributed by atoms with E-state index in [1.54, 1.807) is 78.9 Å². The van der Waals surface area contributed by atoms with Gasteiger partial charge in [-0.15, -0.1) is 11.3 Å².